The predicted molar refractivity (Wildman–Crippen MR) is 42.9 cm³/mol. The highest BCUT2D eigenvalue weighted by atomic mass is 16.5. The Morgan fingerprint density at radius 1 is 1.82 bits per heavy atom. The molecule has 0 radical (unpaired) electrons. The molecule has 0 bridgehead atoms. The molecular weight excluding hydrogens is 142 g/mol. The van der Waals surface area contributed by atoms with Gasteiger partial charge in [-0.25, -0.2) is 0 Å². The fourth-order valence-electron chi connectivity index (χ4n) is 0.631. The number of amides is 1. The molecule has 1 N–H and O–H groups in total. The number of ether oxygens (including phenoxy) is 1. The first-order valence-corrected chi connectivity index (χ1v) is 3.56. The van der Waals surface area contributed by atoms with E-state index < -0.39 is 5.91 Å². The summed E-state index contributed by atoms with van der Waals surface area (Å²) < 4.78 is 5.15. The van der Waals surface area contributed by atoms with Gasteiger partial charge < -0.3 is 10.1 Å². The molecule has 0 aliphatic rings. The number of carbonyl (C=O) groups is 1. The average Bonchev–Trinajstić information content (AvgIpc) is 2.01. The molecule has 3 nitrogen and oxygen atoms in total. The van der Waals surface area contributed by atoms with Gasteiger partial charge in [0, 0.05) is 13.2 Å². The fourth-order valence-corrected chi connectivity index (χ4v) is 0.631. The molecule has 0 fully saturated rings. The van der Waals surface area contributed by atoms with Crippen LogP contribution in [0.3, 0.4) is 0 Å². The minimum absolute atomic E-state index is 0.0253. The Balaban J connectivity index is 3.39. The number of terminal acetylenes is 1. The molecule has 0 aliphatic heterocycles. The number of nitrogens with one attached hydrogen (secondary N) is 1. The van der Waals surface area contributed by atoms with Crippen molar-refractivity contribution in [3.8, 4) is 12.3 Å². The zero-order valence-corrected chi connectivity index (χ0v) is 6.89. The minimum atomic E-state index is -0.392. The maximum Gasteiger partial charge on any atom is 0.295 e. The van der Waals surface area contributed by atoms with Gasteiger partial charge in [0.15, 0.2) is 0 Å². The van der Waals surface area contributed by atoms with Crippen molar-refractivity contribution in [2.75, 3.05) is 13.2 Å². The van der Waals surface area contributed by atoms with Crippen LogP contribution >= 0.6 is 0 Å². The van der Waals surface area contributed by atoms with Crippen LogP contribution in [0.4, 0.5) is 0 Å². The molecule has 0 saturated heterocycles. The fraction of sp³-hybridized carbons (Fsp3) is 0.625. The third-order valence-corrected chi connectivity index (χ3v) is 1.13. The Morgan fingerprint density at radius 3 is 2.91 bits per heavy atom. The van der Waals surface area contributed by atoms with Crippen molar-refractivity contribution >= 4 is 5.91 Å². The van der Waals surface area contributed by atoms with Crippen molar-refractivity contribution in [2.24, 2.45) is 0 Å². The zero-order valence-electron chi connectivity index (χ0n) is 6.89. The zero-order chi connectivity index (χ0) is 8.69. The highest BCUT2D eigenvalue weighted by Crippen LogP contribution is 1.86. The maximum atomic E-state index is 10.5. The van der Waals surface area contributed by atoms with Gasteiger partial charge >= 0.3 is 0 Å². The highest BCUT2D eigenvalue weighted by Gasteiger charge is 2.01. The van der Waals surface area contributed by atoms with Gasteiger partial charge in [0.25, 0.3) is 5.91 Å². The Labute approximate surface area is 67.1 Å². The van der Waals surface area contributed by atoms with E-state index in [9.17, 15) is 4.79 Å². The second kappa shape index (κ2) is 5.75. The van der Waals surface area contributed by atoms with Crippen LogP contribution in [-0.4, -0.2) is 25.2 Å². The van der Waals surface area contributed by atoms with E-state index in [1.165, 1.54) is 0 Å². The average molecular weight is 155 g/mol. The Hall–Kier alpha value is -1.01. The second-order valence-corrected chi connectivity index (χ2v) is 2.12. The predicted octanol–water partition coefficient (Wildman–Crippen LogP) is 0.161. The van der Waals surface area contributed by atoms with E-state index in [2.05, 4.69) is 5.32 Å². The molecular formula is C8H13NO2. The summed E-state index contributed by atoms with van der Waals surface area (Å²) in [5, 5.41) is 2.52. The van der Waals surface area contributed by atoms with E-state index in [1.807, 2.05) is 19.8 Å². The van der Waals surface area contributed by atoms with Crippen molar-refractivity contribution in [2.45, 2.75) is 20.0 Å². The number of rotatable bonds is 4. The van der Waals surface area contributed by atoms with E-state index in [1.54, 1.807) is 0 Å². The summed E-state index contributed by atoms with van der Waals surface area (Å²) in [6.45, 7) is 4.89. The summed E-state index contributed by atoms with van der Waals surface area (Å²) >= 11 is 0. The summed E-state index contributed by atoms with van der Waals surface area (Å²) in [6.07, 6.45) is 4.85. The van der Waals surface area contributed by atoms with Crippen molar-refractivity contribution in [3.63, 3.8) is 0 Å². The Morgan fingerprint density at radius 2 is 2.45 bits per heavy atom. The first-order chi connectivity index (χ1) is 5.20. The van der Waals surface area contributed by atoms with Gasteiger partial charge in [0.1, 0.15) is 0 Å². The Bertz CT molecular complexity index is 160. The molecule has 1 amide bonds. The van der Waals surface area contributed by atoms with Crippen LogP contribution in [0.25, 0.3) is 0 Å². The highest BCUT2D eigenvalue weighted by molar-refractivity contribution is 5.92. The molecule has 0 heterocycles. The molecule has 0 spiro atoms. The van der Waals surface area contributed by atoms with Crippen LogP contribution in [0.5, 0.6) is 0 Å². The lowest BCUT2D eigenvalue weighted by Gasteiger charge is -2.10. The molecule has 0 aromatic heterocycles. The summed E-state index contributed by atoms with van der Waals surface area (Å²) in [5.41, 5.74) is 0. The normalized spacial score (nSPS) is 11.7. The van der Waals surface area contributed by atoms with Gasteiger partial charge in [-0.1, -0.05) is 0 Å². The standard InChI is InChI=1S/C8H13NO2/c1-4-8(10)9-6-7(3)11-5-2/h1,7H,5-6H2,2-3H3,(H,9,10). The molecule has 0 aliphatic carbocycles. The van der Waals surface area contributed by atoms with Crippen molar-refractivity contribution < 1.29 is 9.53 Å². The SMILES string of the molecule is C#CC(=O)NCC(C)OCC. The quantitative estimate of drug-likeness (QED) is 0.587. The third kappa shape index (κ3) is 5.43. The molecule has 1 atom stereocenters. The van der Waals surface area contributed by atoms with Crippen LogP contribution in [0.15, 0.2) is 0 Å². The van der Waals surface area contributed by atoms with Crippen molar-refractivity contribution in [3.05, 3.63) is 0 Å². The minimum Gasteiger partial charge on any atom is -0.377 e. The smallest absolute Gasteiger partial charge is 0.295 e. The molecule has 11 heavy (non-hydrogen) atoms. The summed E-state index contributed by atoms with van der Waals surface area (Å²) in [6, 6.07) is 0. The van der Waals surface area contributed by atoms with Crippen LogP contribution in [0.2, 0.25) is 0 Å². The van der Waals surface area contributed by atoms with Crippen molar-refractivity contribution in [1.29, 1.82) is 0 Å². The first kappa shape index (κ1) is 9.99. The third-order valence-electron chi connectivity index (χ3n) is 1.13. The van der Waals surface area contributed by atoms with Crippen molar-refractivity contribution in [1.82, 2.24) is 5.32 Å². The molecule has 1 unspecified atom stereocenters. The van der Waals surface area contributed by atoms with Gasteiger partial charge in [-0.2, -0.15) is 0 Å². The van der Waals surface area contributed by atoms with Crippen LogP contribution in [-0.2, 0) is 9.53 Å². The van der Waals surface area contributed by atoms with E-state index in [-0.39, 0.29) is 6.10 Å². The van der Waals surface area contributed by atoms with Gasteiger partial charge in [0.2, 0.25) is 0 Å². The van der Waals surface area contributed by atoms with E-state index in [0.29, 0.717) is 13.2 Å². The molecule has 0 rings (SSSR count). The number of hydrogen-bond acceptors (Lipinski definition) is 2. The first-order valence-electron chi connectivity index (χ1n) is 3.56. The van der Waals surface area contributed by atoms with Crippen LogP contribution < -0.4 is 5.32 Å². The number of carbonyl (C=O) groups excluding carboxylic acids is 1. The summed E-state index contributed by atoms with van der Waals surface area (Å²) in [5.74, 6) is 1.56. The van der Waals surface area contributed by atoms with E-state index in [4.69, 9.17) is 11.2 Å². The van der Waals surface area contributed by atoms with Gasteiger partial charge in [-0.05, 0) is 19.8 Å². The molecule has 0 aromatic carbocycles. The van der Waals surface area contributed by atoms with Crippen LogP contribution in [0.1, 0.15) is 13.8 Å². The maximum absolute atomic E-state index is 10.5. The van der Waals surface area contributed by atoms with E-state index in [0.717, 1.165) is 0 Å². The van der Waals surface area contributed by atoms with Crippen LogP contribution in [0, 0.1) is 12.3 Å². The summed E-state index contributed by atoms with van der Waals surface area (Å²) in [4.78, 5) is 10.5. The second-order valence-electron chi connectivity index (χ2n) is 2.12. The van der Waals surface area contributed by atoms with Gasteiger partial charge in [0.05, 0.1) is 6.10 Å². The molecule has 3 heteroatoms. The largest absolute Gasteiger partial charge is 0.377 e. The van der Waals surface area contributed by atoms with Gasteiger partial charge in [-0.15, -0.1) is 6.42 Å². The molecule has 62 valence electrons. The van der Waals surface area contributed by atoms with Gasteiger partial charge in [-0.3, -0.25) is 4.79 Å². The monoisotopic (exact) mass is 155 g/mol. The molecule has 0 aromatic rings. The van der Waals surface area contributed by atoms with E-state index >= 15 is 0 Å². The lowest BCUT2D eigenvalue weighted by atomic mass is 10.4. The topological polar surface area (TPSA) is 38.3 Å². The Kier molecular flexibility index (Phi) is 5.22. The lowest BCUT2D eigenvalue weighted by Crippen LogP contribution is -2.31. The lowest BCUT2D eigenvalue weighted by molar-refractivity contribution is -0.116. The molecule has 0 saturated carbocycles. The summed E-state index contributed by atoms with van der Waals surface area (Å²) in [7, 11) is 0. The number of hydrogen-bond donors (Lipinski definition) is 1.